The van der Waals surface area contributed by atoms with Crippen LogP contribution in [0.2, 0.25) is 0 Å². The first-order valence-electron chi connectivity index (χ1n) is 10.00. The second-order valence-corrected chi connectivity index (χ2v) is 7.75. The Hall–Kier alpha value is -2.86. The van der Waals surface area contributed by atoms with Crippen LogP contribution in [-0.4, -0.2) is 28.1 Å². The molecule has 1 amide bonds. The summed E-state index contributed by atoms with van der Waals surface area (Å²) in [5.74, 6) is 1.12. The molecule has 0 bridgehead atoms. The smallest absolute Gasteiger partial charge is 0.220 e. The third-order valence-electron chi connectivity index (χ3n) is 5.21. The Morgan fingerprint density at radius 1 is 1.17 bits per heavy atom. The van der Waals surface area contributed by atoms with Crippen molar-refractivity contribution in [1.29, 1.82) is 0 Å². The zero-order chi connectivity index (χ0) is 20.8. The molecule has 2 heterocycles. The van der Waals surface area contributed by atoms with Gasteiger partial charge in [0.25, 0.3) is 0 Å². The van der Waals surface area contributed by atoms with E-state index in [1.165, 1.54) is 5.56 Å². The van der Waals surface area contributed by atoms with E-state index in [9.17, 15) is 4.79 Å². The third-order valence-corrected chi connectivity index (χ3v) is 5.21. The minimum absolute atomic E-state index is 0.0521. The SMILES string of the molecule is Cc1n[nH]c(C)c1C(C)CC(=O)NCc1ccccc1CN(C)Cc1ccco1. The van der Waals surface area contributed by atoms with E-state index in [0.29, 0.717) is 13.0 Å². The molecule has 1 unspecified atom stereocenters. The number of amides is 1. The number of hydrogen-bond acceptors (Lipinski definition) is 4. The predicted molar refractivity (Wildman–Crippen MR) is 113 cm³/mol. The maximum Gasteiger partial charge on any atom is 0.220 e. The number of carbonyl (C=O) groups excluding carboxylic acids is 1. The van der Waals surface area contributed by atoms with E-state index in [2.05, 4.69) is 46.5 Å². The number of carbonyl (C=O) groups is 1. The van der Waals surface area contributed by atoms with Gasteiger partial charge < -0.3 is 9.73 Å². The fourth-order valence-corrected chi connectivity index (χ4v) is 3.83. The summed E-state index contributed by atoms with van der Waals surface area (Å²) in [6.07, 6.45) is 2.14. The van der Waals surface area contributed by atoms with Gasteiger partial charge in [-0.05, 0) is 55.6 Å². The van der Waals surface area contributed by atoms with Crippen molar-refractivity contribution < 1.29 is 9.21 Å². The van der Waals surface area contributed by atoms with Crippen molar-refractivity contribution in [3.63, 3.8) is 0 Å². The van der Waals surface area contributed by atoms with Crippen molar-refractivity contribution in [2.45, 2.75) is 52.7 Å². The van der Waals surface area contributed by atoms with Gasteiger partial charge in [-0.15, -0.1) is 0 Å². The van der Waals surface area contributed by atoms with E-state index in [1.807, 2.05) is 38.1 Å². The van der Waals surface area contributed by atoms with Gasteiger partial charge in [0.2, 0.25) is 5.91 Å². The number of aromatic amines is 1. The highest BCUT2D eigenvalue weighted by Crippen LogP contribution is 2.24. The fraction of sp³-hybridized carbons (Fsp3) is 0.391. The van der Waals surface area contributed by atoms with Crippen molar-refractivity contribution in [3.8, 4) is 0 Å². The average Bonchev–Trinajstić information content (AvgIpc) is 3.30. The molecule has 1 aromatic carbocycles. The number of nitrogens with zero attached hydrogens (tertiary/aromatic N) is 2. The van der Waals surface area contributed by atoms with E-state index in [-0.39, 0.29) is 11.8 Å². The van der Waals surface area contributed by atoms with Gasteiger partial charge in [-0.2, -0.15) is 5.10 Å². The van der Waals surface area contributed by atoms with Crippen molar-refractivity contribution in [1.82, 2.24) is 20.4 Å². The first-order valence-corrected chi connectivity index (χ1v) is 10.00. The number of H-pyrrole nitrogens is 1. The van der Waals surface area contributed by atoms with Gasteiger partial charge in [-0.25, -0.2) is 0 Å². The summed E-state index contributed by atoms with van der Waals surface area (Å²) in [5.41, 5.74) is 5.48. The molecule has 0 aliphatic heterocycles. The molecule has 154 valence electrons. The van der Waals surface area contributed by atoms with Gasteiger partial charge in [0.1, 0.15) is 5.76 Å². The molecule has 0 saturated heterocycles. The first kappa shape index (κ1) is 20.9. The van der Waals surface area contributed by atoms with Crippen molar-refractivity contribution >= 4 is 5.91 Å². The van der Waals surface area contributed by atoms with E-state index >= 15 is 0 Å². The molecule has 3 aromatic rings. The molecule has 1 atom stereocenters. The van der Waals surface area contributed by atoms with Crippen LogP contribution in [-0.2, 0) is 24.4 Å². The molecule has 0 radical (unpaired) electrons. The van der Waals surface area contributed by atoms with Crippen LogP contribution < -0.4 is 5.32 Å². The Morgan fingerprint density at radius 2 is 1.93 bits per heavy atom. The number of benzene rings is 1. The monoisotopic (exact) mass is 394 g/mol. The summed E-state index contributed by atoms with van der Waals surface area (Å²) in [7, 11) is 2.06. The van der Waals surface area contributed by atoms with Crippen molar-refractivity contribution in [2.75, 3.05) is 7.05 Å². The molecule has 0 fully saturated rings. The van der Waals surface area contributed by atoms with Gasteiger partial charge in [-0.1, -0.05) is 31.2 Å². The summed E-state index contributed by atoms with van der Waals surface area (Å²) in [6, 6.07) is 12.1. The highest BCUT2D eigenvalue weighted by molar-refractivity contribution is 5.77. The zero-order valence-corrected chi connectivity index (χ0v) is 17.7. The number of furan rings is 1. The minimum atomic E-state index is 0.0521. The summed E-state index contributed by atoms with van der Waals surface area (Å²) < 4.78 is 5.43. The first-order chi connectivity index (χ1) is 13.9. The molecular formula is C23H30N4O2. The molecule has 29 heavy (non-hydrogen) atoms. The molecule has 0 spiro atoms. The Morgan fingerprint density at radius 3 is 2.59 bits per heavy atom. The lowest BCUT2D eigenvalue weighted by Crippen LogP contribution is -2.25. The summed E-state index contributed by atoms with van der Waals surface area (Å²) in [4.78, 5) is 14.7. The standard InChI is InChI=1S/C23H30N4O2/c1-16(23-17(2)25-26-18(23)3)12-22(28)24-13-19-8-5-6-9-20(19)14-27(4)15-21-10-7-11-29-21/h5-11,16H,12-15H2,1-4H3,(H,24,28)(H,25,26). The van der Waals surface area contributed by atoms with Gasteiger partial charge in [0.05, 0.1) is 18.5 Å². The molecular weight excluding hydrogens is 364 g/mol. The van der Waals surface area contributed by atoms with Crippen LogP contribution in [0.5, 0.6) is 0 Å². The van der Waals surface area contributed by atoms with Gasteiger partial charge in [0, 0.05) is 25.2 Å². The third kappa shape index (κ3) is 5.57. The highest BCUT2D eigenvalue weighted by atomic mass is 16.3. The van der Waals surface area contributed by atoms with Crippen LogP contribution in [0.25, 0.3) is 0 Å². The Balaban J connectivity index is 1.55. The molecule has 2 N–H and O–H groups in total. The normalized spacial score (nSPS) is 12.3. The summed E-state index contributed by atoms with van der Waals surface area (Å²) in [6.45, 7) is 8.11. The van der Waals surface area contributed by atoms with E-state index in [1.54, 1.807) is 6.26 Å². The zero-order valence-electron chi connectivity index (χ0n) is 17.7. The molecule has 3 rings (SSSR count). The maximum absolute atomic E-state index is 12.5. The van der Waals surface area contributed by atoms with E-state index in [0.717, 1.165) is 41.4 Å². The molecule has 2 aromatic heterocycles. The molecule has 0 aliphatic rings. The fourth-order valence-electron chi connectivity index (χ4n) is 3.83. The summed E-state index contributed by atoms with van der Waals surface area (Å²) >= 11 is 0. The highest BCUT2D eigenvalue weighted by Gasteiger charge is 2.17. The van der Waals surface area contributed by atoms with Crippen LogP contribution >= 0.6 is 0 Å². The van der Waals surface area contributed by atoms with Crippen LogP contribution in [0.15, 0.2) is 47.1 Å². The molecule has 6 nitrogen and oxygen atoms in total. The number of aromatic nitrogens is 2. The Labute approximate surface area is 172 Å². The summed E-state index contributed by atoms with van der Waals surface area (Å²) in [5, 5.41) is 10.3. The second-order valence-electron chi connectivity index (χ2n) is 7.75. The number of rotatable bonds is 9. The van der Waals surface area contributed by atoms with Crippen molar-refractivity contribution in [3.05, 3.63) is 76.5 Å². The molecule has 0 aliphatic carbocycles. The lowest BCUT2D eigenvalue weighted by molar-refractivity contribution is -0.121. The predicted octanol–water partition coefficient (Wildman–Crippen LogP) is 4.06. The lowest BCUT2D eigenvalue weighted by atomic mass is 9.95. The number of nitrogens with one attached hydrogen (secondary N) is 2. The number of hydrogen-bond donors (Lipinski definition) is 2. The Bertz CT molecular complexity index is 911. The van der Waals surface area contributed by atoms with Crippen LogP contribution in [0.1, 0.15) is 53.1 Å². The Kier molecular flexibility index (Phi) is 6.88. The van der Waals surface area contributed by atoms with E-state index in [4.69, 9.17) is 4.42 Å². The quantitative estimate of drug-likeness (QED) is 0.574. The van der Waals surface area contributed by atoms with Crippen LogP contribution in [0.3, 0.4) is 0 Å². The van der Waals surface area contributed by atoms with Crippen LogP contribution in [0.4, 0.5) is 0 Å². The number of aryl methyl sites for hydroxylation is 2. The second kappa shape index (κ2) is 9.56. The largest absolute Gasteiger partial charge is 0.468 e. The van der Waals surface area contributed by atoms with Gasteiger partial charge in [0.15, 0.2) is 0 Å². The molecule has 0 saturated carbocycles. The van der Waals surface area contributed by atoms with E-state index < -0.39 is 0 Å². The topological polar surface area (TPSA) is 74.2 Å². The van der Waals surface area contributed by atoms with Gasteiger partial charge in [-0.3, -0.25) is 14.8 Å². The van der Waals surface area contributed by atoms with Crippen molar-refractivity contribution in [2.24, 2.45) is 0 Å². The maximum atomic E-state index is 12.5. The van der Waals surface area contributed by atoms with Gasteiger partial charge >= 0.3 is 0 Å². The molecule has 6 heteroatoms. The average molecular weight is 395 g/mol. The van der Waals surface area contributed by atoms with Crippen LogP contribution in [0, 0.1) is 13.8 Å². The lowest BCUT2D eigenvalue weighted by Gasteiger charge is -2.18. The minimum Gasteiger partial charge on any atom is -0.468 e.